The molecular formula is C28H34N2O6. The van der Waals surface area contributed by atoms with E-state index in [1.165, 1.54) is 7.11 Å². The van der Waals surface area contributed by atoms with Gasteiger partial charge >= 0.3 is 6.09 Å². The molecule has 2 aromatic carbocycles. The molecule has 4 rings (SSSR count). The van der Waals surface area contributed by atoms with Gasteiger partial charge in [-0.3, -0.25) is 4.79 Å². The van der Waals surface area contributed by atoms with Crippen LogP contribution in [-0.2, 0) is 11.3 Å². The van der Waals surface area contributed by atoms with Crippen LogP contribution < -0.4 is 9.47 Å². The van der Waals surface area contributed by atoms with Crippen LogP contribution in [0.3, 0.4) is 0 Å². The van der Waals surface area contributed by atoms with Gasteiger partial charge in [-0.15, -0.1) is 0 Å². The van der Waals surface area contributed by atoms with Crippen molar-refractivity contribution in [3.05, 3.63) is 59.9 Å². The number of methoxy groups -OCH3 is 2. The van der Waals surface area contributed by atoms with Gasteiger partial charge < -0.3 is 28.4 Å². The van der Waals surface area contributed by atoms with Crippen LogP contribution >= 0.6 is 0 Å². The van der Waals surface area contributed by atoms with Crippen molar-refractivity contribution in [1.29, 1.82) is 0 Å². The van der Waals surface area contributed by atoms with Crippen LogP contribution in [0.15, 0.2) is 52.9 Å². The van der Waals surface area contributed by atoms with E-state index in [1.807, 2.05) is 51.1 Å². The Labute approximate surface area is 211 Å². The molecule has 0 radical (unpaired) electrons. The van der Waals surface area contributed by atoms with Gasteiger partial charge in [0.2, 0.25) is 0 Å². The summed E-state index contributed by atoms with van der Waals surface area (Å²) in [7, 11) is 3.09. The number of para-hydroxylation sites is 1. The summed E-state index contributed by atoms with van der Waals surface area (Å²) in [5.74, 6) is 1.51. The molecule has 0 spiro atoms. The fourth-order valence-electron chi connectivity index (χ4n) is 4.51. The zero-order valence-electron chi connectivity index (χ0n) is 21.6. The summed E-state index contributed by atoms with van der Waals surface area (Å²) in [5.41, 5.74) is 0.640. The van der Waals surface area contributed by atoms with E-state index >= 15 is 0 Å². The van der Waals surface area contributed by atoms with E-state index < -0.39 is 5.60 Å². The van der Waals surface area contributed by atoms with Gasteiger partial charge in [0.25, 0.3) is 5.91 Å². The third-order valence-corrected chi connectivity index (χ3v) is 6.18. The van der Waals surface area contributed by atoms with Gasteiger partial charge in [-0.2, -0.15) is 0 Å². The predicted octanol–water partition coefficient (Wildman–Crippen LogP) is 5.49. The summed E-state index contributed by atoms with van der Waals surface area (Å²) in [6, 6.07) is 14.6. The van der Waals surface area contributed by atoms with Crippen molar-refractivity contribution in [1.82, 2.24) is 9.80 Å². The van der Waals surface area contributed by atoms with Crippen LogP contribution in [0.5, 0.6) is 11.5 Å². The Balaban J connectivity index is 1.62. The summed E-state index contributed by atoms with van der Waals surface area (Å²) in [6.45, 7) is 6.77. The predicted molar refractivity (Wildman–Crippen MR) is 136 cm³/mol. The van der Waals surface area contributed by atoms with Gasteiger partial charge in [-0.25, -0.2) is 4.79 Å². The lowest BCUT2D eigenvalue weighted by Gasteiger charge is -2.32. The number of carbonyl (C=O) groups excluding carboxylic acids is 2. The highest BCUT2D eigenvalue weighted by molar-refractivity contribution is 5.95. The zero-order chi connectivity index (χ0) is 25.9. The van der Waals surface area contributed by atoms with E-state index in [9.17, 15) is 9.59 Å². The van der Waals surface area contributed by atoms with Crippen LogP contribution in [0.2, 0.25) is 0 Å². The molecule has 1 aliphatic heterocycles. The average molecular weight is 495 g/mol. The van der Waals surface area contributed by atoms with Crippen LogP contribution in [-0.4, -0.2) is 60.8 Å². The lowest BCUT2D eigenvalue weighted by Crippen LogP contribution is -2.46. The van der Waals surface area contributed by atoms with E-state index in [0.717, 1.165) is 23.8 Å². The van der Waals surface area contributed by atoms with Crippen LogP contribution in [0.4, 0.5) is 4.79 Å². The van der Waals surface area contributed by atoms with Crippen molar-refractivity contribution in [3.63, 3.8) is 0 Å². The molecule has 0 N–H and O–H groups in total. The van der Waals surface area contributed by atoms with Crippen molar-refractivity contribution in [2.24, 2.45) is 0 Å². The van der Waals surface area contributed by atoms with E-state index in [2.05, 4.69) is 0 Å². The molecule has 192 valence electrons. The normalized spacial score (nSPS) is 15.7. The minimum absolute atomic E-state index is 0.159. The molecule has 1 saturated heterocycles. The van der Waals surface area contributed by atoms with Gasteiger partial charge in [0.15, 0.2) is 11.5 Å². The topological polar surface area (TPSA) is 81.5 Å². The molecule has 0 bridgehead atoms. The number of nitrogens with zero attached hydrogens (tertiary/aromatic N) is 2. The molecule has 0 aliphatic carbocycles. The summed E-state index contributed by atoms with van der Waals surface area (Å²) in [4.78, 5) is 30.1. The van der Waals surface area contributed by atoms with Crippen molar-refractivity contribution in [2.45, 2.75) is 51.8 Å². The number of hydrogen-bond donors (Lipinski definition) is 0. The standard InChI is InChI=1S/C28H34N2O6/c1-28(2,3)36-27(32)30-14-8-10-21(30)17-29(18-22-15-19-9-6-7-11-23(19)35-22)26(31)20-12-13-24(33-4)25(16-20)34-5/h6-7,9,11-13,15-16,21H,8,10,14,17-18H2,1-5H3. The van der Waals surface area contributed by atoms with Gasteiger partial charge in [-0.05, 0) is 63.9 Å². The number of ether oxygens (including phenoxy) is 3. The minimum atomic E-state index is -0.590. The number of furan rings is 1. The molecule has 1 atom stereocenters. The molecule has 1 fully saturated rings. The summed E-state index contributed by atoms with van der Waals surface area (Å²) < 4.78 is 22.4. The number of likely N-dealkylation sites (tertiary alicyclic amines) is 1. The van der Waals surface area contributed by atoms with Gasteiger partial charge in [0, 0.05) is 24.0 Å². The molecule has 8 nitrogen and oxygen atoms in total. The Morgan fingerprint density at radius 3 is 2.50 bits per heavy atom. The maximum absolute atomic E-state index is 13.8. The Bertz CT molecular complexity index is 1200. The maximum Gasteiger partial charge on any atom is 0.410 e. The van der Waals surface area contributed by atoms with E-state index in [4.69, 9.17) is 18.6 Å². The fourth-order valence-corrected chi connectivity index (χ4v) is 4.51. The first-order valence-corrected chi connectivity index (χ1v) is 12.2. The monoisotopic (exact) mass is 494 g/mol. The number of amides is 2. The van der Waals surface area contributed by atoms with Crippen molar-refractivity contribution >= 4 is 23.0 Å². The zero-order valence-corrected chi connectivity index (χ0v) is 21.6. The lowest BCUT2D eigenvalue weighted by atomic mass is 10.1. The molecule has 1 aliphatic rings. The molecule has 1 unspecified atom stereocenters. The first-order chi connectivity index (χ1) is 17.2. The molecule has 1 aromatic heterocycles. The average Bonchev–Trinajstić information content (AvgIpc) is 3.48. The number of fused-ring (bicyclic) bond motifs is 1. The third kappa shape index (κ3) is 5.75. The molecule has 8 heteroatoms. The van der Waals surface area contributed by atoms with Crippen LogP contribution in [0.1, 0.15) is 49.7 Å². The third-order valence-electron chi connectivity index (χ3n) is 6.18. The number of hydrogen-bond acceptors (Lipinski definition) is 6. The Morgan fingerprint density at radius 2 is 1.81 bits per heavy atom. The second kappa shape index (κ2) is 10.5. The quantitative estimate of drug-likeness (QED) is 0.432. The second-order valence-corrected chi connectivity index (χ2v) is 9.98. The van der Waals surface area contributed by atoms with Crippen molar-refractivity contribution in [3.8, 4) is 11.5 Å². The highest BCUT2D eigenvalue weighted by Gasteiger charge is 2.34. The van der Waals surface area contributed by atoms with Gasteiger partial charge in [0.1, 0.15) is 16.9 Å². The van der Waals surface area contributed by atoms with E-state index in [1.54, 1.807) is 35.1 Å². The second-order valence-electron chi connectivity index (χ2n) is 9.98. The van der Waals surface area contributed by atoms with Crippen molar-refractivity contribution in [2.75, 3.05) is 27.3 Å². The molecule has 2 amide bonds. The molecular weight excluding hydrogens is 460 g/mol. The van der Waals surface area contributed by atoms with Crippen LogP contribution in [0, 0.1) is 0 Å². The number of carbonyl (C=O) groups is 2. The molecule has 0 saturated carbocycles. The Kier molecular flexibility index (Phi) is 7.43. The van der Waals surface area contributed by atoms with E-state index in [-0.39, 0.29) is 24.6 Å². The number of benzene rings is 2. The van der Waals surface area contributed by atoms with Crippen molar-refractivity contribution < 1.29 is 28.2 Å². The molecule has 36 heavy (non-hydrogen) atoms. The molecule has 2 heterocycles. The first kappa shape index (κ1) is 25.4. The lowest BCUT2D eigenvalue weighted by molar-refractivity contribution is 0.0187. The van der Waals surface area contributed by atoms with E-state index in [0.29, 0.717) is 35.9 Å². The van der Waals surface area contributed by atoms with Gasteiger partial charge in [0.05, 0.1) is 26.8 Å². The highest BCUT2D eigenvalue weighted by Crippen LogP contribution is 2.30. The van der Waals surface area contributed by atoms with Gasteiger partial charge in [-0.1, -0.05) is 18.2 Å². The summed E-state index contributed by atoms with van der Waals surface area (Å²) in [6.07, 6.45) is 1.29. The largest absolute Gasteiger partial charge is 0.493 e. The molecule has 3 aromatic rings. The number of rotatable bonds is 7. The summed E-state index contributed by atoms with van der Waals surface area (Å²) in [5, 5.41) is 0.974. The SMILES string of the molecule is COc1ccc(C(=O)N(Cc2cc3ccccc3o2)CC2CCCN2C(=O)OC(C)(C)C)cc1OC. The minimum Gasteiger partial charge on any atom is -0.493 e. The Hall–Kier alpha value is -3.68. The fraction of sp³-hybridized carbons (Fsp3) is 0.429. The maximum atomic E-state index is 13.8. The first-order valence-electron chi connectivity index (χ1n) is 12.2. The highest BCUT2D eigenvalue weighted by atomic mass is 16.6. The van der Waals surface area contributed by atoms with Crippen LogP contribution in [0.25, 0.3) is 11.0 Å². The summed E-state index contributed by atoms with van der Waals surface area (Å²) >= 11 is 0. The Morgan fingerprint density at radius 1 is 1.06 bits per heavy atom. The smallest absolute Gasteiger partial charge is 0.410 e.